The fourth-order valence-electron chi connectivity index (χ4n) is 4.61. The zero-order chi connectivity index (χ0) is 18.8. The van der Waals surface area contributed by atoms with Crippen molar-refractivity contribution in [2.24, 2.45) is 0 Å². The van der Waals surface area contributed by atoms with Crippen molar-refractivity contribution in [1.82, 2.24) is 0 Å². The van der Waals surface area contributed by atoms with E-state index in [0.29, 0.717) is 0 Å². The molecule has 136 valence electrons. The highest BCUT2D eigenvalue weighted by molar-refractivity contribution is 6.19. The summed E-state index contributed by atoms with van der Waals surface area (Å²) in [6, 6.07) is 25.8. The molecule has 0 saturated heterocycles. The Morgan fingerprint density at radius 1 is 0.750 bits per heavy atom. The maximum atomic E-state index is 6.37. The van der Waals surface area contributed by atoms with Crippen molar-refractivity contribution < 1.29 is 4.42 Å². The lowest BCUT2D eigenvalue weighted by molar-refractivity contribution is 0.666. The number of fused-ring (bicyclic) bond motifs is 6. The highest BCUT2D eigenvalue weighted by atomic mass is 16.3. The van der Waals surface area contributed by atoms with E-state index >= 15 is 0 Å². The van der Waals surface area contributed by atoms with E-state index in [1.807, 2.05) is 0 Å². The van der Waals surface area contributed by atoms with Crippen LogP contribution >= 0.6 is 0 Å². The van der Waals surface area contributed by atoms with Crippen LogP contribution in [0.2, 0.25) is 0 Å². The van der Waals surface area contributed by atoms with Gasteiger partial charge in [0.05, 0.1) is 18.0 Å². The predicted octanol–water partition coefficient (Wildman–Crippen LogP) is 6.59. The van der Waals surface area contributed by atoms with Crippen LogP contribution in [0.15, 0.2) is 77.2 Å². The first kappa shape index (κ1) is 15.6. The number of para-hydroxylation sites is 2. The number of anilines is 3. The molecule has 0 unspecified atom stereocenters. The molecule has 6 rings (SSSR count). The Bertz CT molecular complexity index is 1380. The summed E-state index contributed by atoms with van der Waals surface area (Å²) in [6.07, 6.45) is 0. The van der Waals surface area contributed by atoms with E-state index < -0.39 is 0 Å². The lowest BCUT2D eigenvalue weighted by atomic mass is 10.0. The summed E-state index contributed by atoms with van der Waals surface area (Å²) >= 11 is 0. The largest absolute Gasteiger partial charge is 0.456 e. The van der Waals surface area contributed by atoms with Crippen molar-refractivity contribution >= 4 is 49.8 Å². The van der Waals surface area contributed by atoms with Gasteiger partial charge in [-0.05, 0) is 48.0 Å². The van der Waals surface area contributed by atoms with Crippen LogP contribution in [-0.4, -0.2) is 13.7 Å². The molecule has 0 saturated carbocycles. The lowest BCUT2D eigenvalue weighted by Gasteiger charge is -2.21. The van der Waals surface area contributed by atoms with Crippen molar-refractivity contribution in [2.45, 2.75) is 6.92 Å². The first-order chi connectivity index (χ1) is 13.7. The second-order valence-electron chi connectivity index (χ2n) is 7.60. The van der Waals surface area contributed by atoms with E-state index in [1.54, 1.807) is 0 Å². The molecule has 28 heavy (non-hydrogen) atoms. The monoisotopic (exact) mass is 364 g/mol. The minimum atomic E-state index is 0.842. The second kappa shape index (κ2) is 5.52. The number of benzene rings is 4. The van der Waals surface area contributed by atoms with Gasteiger partial charge in [-0.15, -0.1) is 0 Å². The van der Waals surface area contributed by atoms with E-state index in [9.17, 15) is 0 Å². The number of nitrogens with zero attached hydrogens (tertiary/aromatic N) is 2. The summed E-state index contributed by atoms with van der Waals surface area (Å²) in [5.74, 6) is 0. The fraction of sp³-hybridized carbons (Fsp3) is 0.120. The van der Waals surface area contributed by atoms with E-state index in [4.69, 9.17) is 4.42 Å². The van der Waals surface area contributed by atoms with Crippen LogP contribution in [0, 0.1) is 6.92 Å². The molecule has 0 atom stereocenters. The Morgan fingerprint density at radius 2 is 1.54 bits per heavy atom. The van der Waals surface area contributed by atoms with Crippen LogP contribution in [0.4, 0.5) is 17.1 Å². The van der Waals surface area contributed by atoms with Gasteiger partial charge in [-0.2, -0.15) is 0 Å². The van der Waals surface area contributed by atoms with Crippen LogP contribution in [0.25, 0.3) is 32.7 Å². The van der Waals surface area contributed by atoms with Crippen LogP contribution in [0.5, 0.6) is 0 Å². The van der Waals surface area contributed by atoms with Crippen molar-refractivity contribution in [3.63, 3.8) is 0 Å². The molecule has 0 bridgehead atoms. The molecule has 3 heteroatoms. The minimum Gasteiger partial charge on any atom is -0.456 e. The molecule has 0 amide bonds. The fourth-order valence-corrected chi connectivity index (χ4v) is 4.61. The Kier molecular flexibility index (Phi) is 3.07. The van der Waals surface area contributed by atoms with Crippen LogP contribution in [0.1, 0.15) is 5.56 Å². The van der Waals surface area contributed by atoms with Crippen LogP contribution in [-0.2, 0) is 0 Å². The highest BCUT2D eigenvalue weighted by Crippen LogP contribution is 2.44. The summed E-state index contributed by atoms with van der Waals surface area (Å²) in [5.41, 5.74) is 6.82. The number of furan rings is 1. The number of aryl methyl sites for hydroxylation is 1. The Labute approximate surface area is 163 Å². The third kappa shape index (κ3) is 1.99. The Morgan fingerprint density at radius 3 is 2.43 bits per heavy atom. The molecule has 0 fully saturated rings. The molecule has 0 aliphatic carbocycles. The summed E-state index contributed by atoms with van der Waals surface area (Å²) in [6.45, 7) is 3.01. The van der Waals surface area contributed by atoms with Crippen LogP contribution in [0.3, 0.4) is 0 Å². The van der Waals surface area contributed by atoms with Gasteiger partial charge in [0.1, 0.15) is 11.2 Å². The third-order valence-corrected chi connectivity index (χ3v) is 5.98. The van der Waals surface area contributed by atoms with E-state index in [0.717, 1.165) is 17.8 Å². The topological polar surface area (TPSA) is 19.6 Å². The average molecular weight is 364 g/mol. The molecule has 1 aromatic heterocycles. The zero-order valence-corrected chi connectivity index (χ0v) is 15.9. The lowest BCUT2D eigenvalue weighted by Crippen LogP contribution is -2.24. The third-order valence-electron chi connectivity index (χ3n) is 5.98. The van der Waals surface area contributed by atoms with Gasteiger partial charge in [-0.25, -0.2) is 0 Å². The molecule has 2 heterocycles. The smallest absolute Gasteiger partial charge is 0.140 e. The van der Waals surface area contributed by atoms with Gasteiger partial charge in [-0.1, -0.05) is 42.5 Å². The average Bonchev–Trinajstić information content (AvgIpc) is 3.28. The standard InChI is InChI=1S/C25H20N2O/c1-16-20(27-15-26(2)21-9-5-6-10-22(21)27)13-12-19-24-18-8-4-3-7-17(18)11-14-23(24)28-25(16)19/h3-14H,15H2,1-2H3. The van der Waals surface area contributed by atoms with Gasteiger partial charge in [0.25, 0.3) is 0 Å². The van der Waals surface area contributed by atoms with Gasteiger partial charge in [0.2, 0.25) is 0 Å². The molecular formula is C25H20N2O. The Hall–Kier alpha value is -3.46. The molecule has 1 aliphatic heterocycles. The normalized spacial score (nSPS) is 13.8. The summed E-state index contributed by atoms with van der Waals surface area (Å²) in [5, 5.41) is 4.89. The second-order valence-corrected chi connectivity index (χ2v) is 7.60. The van der Waals surface area contributed by atoms with E-state index in [-0.39, 0.29) is 0 Å². The van der Waals surface area contributed by atoms with Crippen molar-refractivity contribution in [3.05, 3.63) is 78.4 Å². The van der Waals surface area contributed by atoms with Crippen molar-refractivity contribution in [2.75, 3.05) is 23.5 Å². The first-order valence-electron chi connectivity index (χ1n) is 9.63. The molecular weight excluding hydrogens is 344 g/mol. The van der Waals surface area contributed by atoms with Crippen LogP contribution < -0.4 is 9.80 Å². The van der Waals surface area contributed by atoms with Gasteiger partial charge in [0, 0.05) is 29.1 Å². The van der Waals surface area contributed by atoms with Crippen molar-refractivity contribution in [1.29, 1.82) is 0 Å². The quantitative estimate of drug-likeness (QED) is 0.334. The molecule has 3 nitrogen and oxygen atoms in total. The molecule has 0 N–H and O–H groups in total. The Balaban J connectivity index is 1.62. The van der Waals surface area contributed by atoms with Gasteiger partial charge < -0.3 is 14.2 Å². The maximum absolute atomic E-state index is 6.37. The summed E-state index contributed by atoms with van der Waals surface area (Å²) in [4.78, 5) is 4.65. The van der Waals surface area contributed by atoms with E-state index in [1.165, 1.54) is 44.2 Å². The summed E-state index contributed by atoms with van der Waals surface area (Å²) < 4.78 is 6.37. The van der Waals surface area contributed by atoms with E-state index in [2.05, 4.69) is 96.6 Å². The van der Waals surface area contributed by atoms with Gasteiger partial charge in [-0.3, -0.25) is 0 Å². The molecule has 4 aromatic carbocycles. The molecule has 0 radical (unpaired) electrons. The van der Waals surface area contributed by atoms with Gasteiger partial charge in [0.15, 0.2) is 0 Å². The van der Waals surface area contributed by atoms with Gasteiger partial charge >= 0.3 is 0 Å². The highest BCUT2D eigenvalue weighted by Gasteiger charge is 2.26. The SMILES string of the molecule is Cc1c(N2CN(C)c3ccccc32)ccc2c1oc1ccc3ccccc3c12. The number of rotatable bonds is 1. The minimum absolute atomic E-state index is 0.842. The number of hydrogen-bond acceptors (Lipinski definition) is 3. The van der Waals surface area contributed by atoms with Crippen molar-refractivity contribution in [3.8, 4) is 0 Å². The number of hydrogen-bond donors (Lipinski definition) is 0. The first-order valence-corrected chi connectivity index (χ1v) is 9.63. The molecule has 0 spiro atoms. The summed E-state index contributed by atoms with van der Waals surface area (Å²) in [7, 11) is 2.14. The maximum Gasteiger partial charge on any atom is 0.140 e. The zero-order valence-electron chi connectivity index (χ0n) is 15.9. The predicted molar refractivity (Wildman–Crippen MR) is 118 cm³/mol. The molecule has 5 aromatic rings. The molecule has 1 aliphatic rings.